The van der Waals surface area contributed by atoms with E-state index in [0.717, 1.165) is 13.1 Å². The topological polar surface area (TPSA) is 44.9 Å². The lowest BCUT2D eigenvalue weighted by Gasteiger charge is -2.19. The third kappa shape index (κ3) is 5.67. The molecule has 4 nitrogen and oxygen atoms in total. The van der Waals surface area contributed by atoms with E-state index in [1.807, 2.05) is 20.2 Å². The zero-order chi connectivity index (χ0) is 13.5. The van der Waals surface area contributed by atoms with Crippen molar-refractivity contribution in [3.05, 3.63) is 29.8 Å². The van der Waals surface area contributed by atoms with Crippen molar-refractivity contribution in [3.8, 4) is 0 Å². The summed E-state index contributed by atoms with van der Waals surface area (Å²) in [7, 11) is 4.07. The standard InChI is InChI=1S/C14H24N4.HI/c1-5-18(6-2)14(15)16-11-12-8-7-9-13(10-12)17(3)4;/h7-10H,5-6,11H2,1-4H3,(H2,15,16);1H. The van der Waals surface area contributed by atoms with Gasteiger partial charge in [0.05, 0.1) is 6.54 Å². The van der Waals surface area contributed by atoms with Gasteiger partial charge in [0.1, 0.15) is 0 Å². The first-order valence-electron chi connectivity index (χ1n) is 6.39. The first-order valence-corrected chi connectivity index (χ1v) is 6.39. The summed E-state index contributed by atoms with van der Waals surface area (Å²) >= 11 is 0. The van der Waals surface area contributed by atoms with Crippen molar-refractivity contribution in [3.63, 3.8) is 0 Å². The summed E-state index contributed by atoms with van der Waals surface area (Å²) in [6.45, 7) is 6.58. The Morgan fingerprint density at radius 3 is 2.37 bits per heavy atom. The molecule has 0 spiro atoms. The molecular formula is C14H25IN4. The average Bonchev–Trinajstić information content (AvgIpc) is 2.38. The van der Waals surface area contributed by atoms with E-state index in [-0.39, 0.29) is 24.0 Å². The Kier molecular flexibility index (Phi) is 8.54. The molecule has 0 aliphatic heterocycles. The molecule has 5 heteroatoms. The number of benzene rings is 1. The predicted octanol–water partition coefficient (Wildman–Crippen LogP) is 2.53. The molecule has 19 heavy (non-hydrogen) atoms. The van der Waals surface area contributed by atoms with Gasteiger partial charge in [-0.2, -0.15) is 0 Å². The van der Waals surface area contributed by atoms with Gasteiger partial charge in [-0.3, -0.25) is 0 Å². The third-order valence-electron chi connectivity index (χ3n) is 2.94. The van der Waals surface area contributed by atoms with Crippen LogP contribution in [0, 0.1) is 0 Å². The summed E-state index contributed by atoms with van der Waals surface area (Å²) < 4.78 is 0. The van der Waals surface area contributed by atoms with Crippen LogP contribution in [0.1, 0.15) is 19.4 Å². The van der Waals surface area contributed by atoms with Crippen LogP contribution in [0.5, 0.6) is 0 Å². The smallest absolute Gasteiger partial charge is 0.191 e. The third-order valence-corrected chi connectivity index (χ3v) is 2.94. The van der Waals surface area contributed by atoms with Crippen molar-refractivity contribution in [1.29, 1.82) is 0 Å². The van der Waals surface area contributed by atoms with Crippen molar-refractivity contribution >= 4 is 35.6 Å². The van der Waals surface area contributed by atoms with E-state index in [4.69, 9.17) is 5.73 Å². The highest BCUT2D eigenvalue weighted by Crippen LogP contribution is 2.14. The zero-order valence-corrected chi connectivity index (χ0v) is 14.6. The highest BCUT2D eigenvalue weighted by molar-refractivity contribution is 14.0. The van der Waals surface area contributed by atoms with Crippen LogP contribution in [0.15, 0.2) is 29.3 Å². The van der Waals surface area contributed by atoms with E-state index in [1.165, 1.54) is 11.3 Å². The minimum absolute atomic E-state index is 0. The Balaban J connectivity index is 0.00000324. The summed E-state index contributed by atoms with van der Waals surface area (Å²) in [6.07, 6.45) is 0. The molecule has 0 heterocycles. The maximum Gasteiger partial charge on any atom is 0.191 e. The Morgan fingerprint density at radius 2 is 1.84 bits per heavy atom. The van der Waals surface area contributed by atoms with E-state index in [0.29, 0.717) is 12.5 Å². The second-order valence-corrected chi connectivity index (χ2v) is 4.41. The van der Waals surface area contributed by atoms with Crippen molar-refractivity contribution in [2.45, 2.75) is 20.4 Å². The monoisotopic (exact) mass is 376 g/mol. The number of nitrogens with two attached hydrogens (primary N) is 1. The molecule has 0 bridgehead atoms. The van der Waals surface area contributed by atoms with Crippen molar-refractivity contribution in [1.82, 2.24) is 4.90 Å². The highest BCUT2D eigenvalue weighted by Gasteiger charge is 2.02. The van der Waals surface area contributed by atoms with E-state index >= 15 is 0 Å². The number of nitrogens with zero attached hydrogens (tertiary/aromatic N) is 3. The van der Waals surface area contributed by atoms with Gasteiger partial charge in [-0.1, -0.05) is 12.1 Å². The van der Waals surface area contributed by atoms with Gasteiger partial charge in [0.15, 0.2) is 5.96 Å². The summed E-state index contributed by atoms with van der Waals surface area (Å²) in [4.78, 5) is 8.57. The largest absolute Gasteiger partial charge is 0.378 e. The van der Waals surface area contributed by atoms with Gasteiger partial charge in [-0.25, -0.2) is 4.99 Å². The number of hydrogen-bond donors (Lipinski definition) is 1. The Morgan fingerprint density at radius 1 is 1.21 bits per heavy atom. The van der Waals surface area contributed by atoms with Gasteiger partial charge in [-0.15, -0.1) is 24.0 Å². The van der Waals surface area contributed by atoms with Crippen molar-refractivity contribution < 1.29 is 0 Å². The zero-order valence-electron chi connectivity index (χ0n) is 12.3. The van der Waals surface area contributed by atoms with Gasteiger partial charge in [-0.05, 0) is 31.5 Å². The molecule has 0 aromatic heterocycles. The lowest BCUT2D eigenvalue weighted by atomic mass is 10.2. The molecular weight excluding hydrogens is 351 g/mol. The number of hydrogen-bond acceptors (Lipinski definition) is 2. The quantitative estimate of drug-likeness (QED) is 0.488. The average molecular weight is 376 g/mol. The molecule has 2 N–H and O–H groups in total. The molecule has 0 saturated carbocycles. The first-order chi connectivity index (χ1) is 8.58. The number of guanidine groups is 1. The minimum atomic E-state index is 0. The Labute approximate surface area is 133 Å². The van der Waals surface area contributed by atoms with Crippen LogP contribution in [0.4, 0.5) is 5.69 Å². The fourth-order valence-corrected chi connectivity index (χ4v) is 1.75. The van der Waals surface area contributed by atoms with Crippen LogP contribution in [-0.4, -0.2) is 38.0 Å². The van der Waals surface area contributed by atoms with Gasteiger partial charge in [0, 0.05) is 32.9 Å². The van der Waals surface area contributed by atoms with E-state index in [1.54, 1.807) is 0 Å². The highest BCUT2D eigenvalue weighted by atomic mass is 127. The fraction of sp³-hybridized carbons (Fsp3) is 0.500. The van der Waals surface area contributed by atoms with Crippen molar-refractivity contribution in [2.75, 3.05) is 32.1 Å². The molecule has 0 unspecified atom stereocenters. The molecule has 0 atom stereocenters. The molecule has 0 amide bonds. The Bertz CT molecular complexity index is 400. The first kappa shape index (κ1) is 18.0. The van der Waals surface area contributed by atoms with Gasteiger partial charge in [0.25, 0.3) is 0 Å². The molecule has 1 rings (SSSR count). The molecule has 1 aromatic carbocycles. The minimum Gasteiger partial charge on any atom is -0.378 e. The van der Waals surface area contributed by atoms with Crippen LogP contribution < -0.4 is 10.6 Å². The summed E-state index contributed by atoms with van der Waals surface area (Å²) in [6, 6.07) is 8.35. The van der Waals surface area contributed by atoms with E-state index < -0.39 is 0 Å². The van der Waals surface area contributed by atoms with Crippen LogP contribution in [0.25, 0.3) is 0 Å². The predicted molar refractivity (Wildman–Crippen MR) is 94.4 cm³/mol. The molecule has 0 aliphatic rings. The van der Waals surface area contributed by atoms with Crippen LogP contribution in [-0.2, 0) is 6.54 Å². The molecule has 0 aliphatic carbocycles. The van der Waals surface area contributed by atoms with Gasteiger partial charge in [0.2, 0.25) is 0 Å². The number of aliphatic imine (C=N–C) groups is 1. The summed E-state index contributed by atoms with van der Waals surface area (Å²) in [5, 5.41) is 0. The van der Waals surface area contributed by atoms with Gasteiger partial charge >= 0.3 is 0 Å². The molecule has 0 fully saturated rings. The molecule has 0 radical (unpaired) electrons. The molecule has 108 valence electrons. The lowest BCUT2D eigenvalue weighted by molar-refractivity contribution is 0.458. The maximum atomic E-state index is 5.95. The Hall–Kier alpha value is -0.980. The molecule has 0 saturated heterocycles. The number of anilines is 1. The lowest BCUT2D eigenvalue weighted by Crippen LogP contribution is -2.37. The van der Waals surface area contributed by atoms with Crippen LogP contribution in [0.3, 0.4) is 0 Å². The van der Waals surface area contributed by atoms with Crippen LogP contribution >= 0.6 is 24.0 Å². The number of halogens is 1. The van der Waals surface area contributed by atoms with Crippen molar-refractivity contribution in [2.24, 2.45) is 10.7 Å². The SMILES string of the molecule is CCN(CC)C(N)=NCc1cccc(N(C)C)c1.I. The summed E-state index contributed by atoms with van der Waals surface area (Å²) in [5.41, 5.74) is 8.31. The fourth-order valence-electron chi connectivity index (χ4n) is 1.75. The van der Waals surface area contributed by atoms with Gasteiger partial charge < -0.3 is 15.5 Å². The second kappa shape index (κ2) is 9.01. The van der Waals surface area contributed by atoms with E-state index in [9.17, 15) is 0 Å². The normalized spacial score (nSPS) is 10.8. The van der Waals surface area contributed by atoms with E-state index in [2.05, 4.69) is 46.8 Å². The maximum absolute atomic E-state index is 5.95. The second-order valence-electron chi connectivity index (χ2n) is 4.41. The summed E-state index contributed by atoms with van der Waals surface area (Å²) in [5.74, 6) is 0.621. The number of rotatable bonds is 5. The van der Waals surface area contributed by atoms with Crippen LogP contribution in [0.2, 0.25) is 0 Å². The molecule has 1 aromatic rings.